The molecule has 3 aliphatic heterocycles. The summed E-state index contributed by atoms with van der Waals surface area (Å²) in [6.45, 7) is -0.423. The van der Waals surface area contributed by atoms with Crippen molar-refractivity contribution >= 4 is 35.1 Å². The molecular formula is C41H42Cl2F2N3O8+. The molecule has 3 aromatic carbocycles. The maximum atomic E-state index is 14.0. The van der Waals surface area contributed by atoms with Gasteiger partial charge in [-0.3, -0.25) is 15.4 Å². The molecule has 11 nitrogen and oxygen atoms in total. The summed E-state index contributed by atoms with van der Waals surface area (Å²) in [6.07, 6.45) is 6.06. The van der Waals surface area contributed by atoms with E-state index in [0.29, 0.717) is 40.1 Å². The minimum absolute atomic E-state index is 0.0399. The summed E-state index contributed by atoms with van der Waals surface area (Å²) in [7, 11) is 0. The highest BCUT2D eigenvalue weighted by molar-refractivity contribution is 6.35. The van der Waals surface area contributed by atoms with Gasteiger partial charge in [-0.2, -0.15) is 8.78 Å². The van der Waals surface area contributed by atoms with Crippen LogP contribution in [0.2, 0.25) is 10.0 Å². The summed E-state index contributed by atoms with van der Waals surface area (Å²) < 4.78 is 44.7. The third kappa shape index (κ3) is 9.12. The molecule has 4 aromatic rings. The van der Waals surface area contributed by atoms with Crippen molar-refractivity contribution in [3.05, 3.63) is 116 Å². The number of rotatable bonds is 16. The summed E-state index contributed by atoms with van der Waals surface area (Å²) in [6, 6.07) is 15.3. The first-order valence-corrected chi connectivity index (χ1v) is 19.3. The fraction of sp³-hybridized carbons (Fsp3) is 0.390. The summed E-state index contributed by atoms with van der Waals surface area (Å²) in [5, 5.41) is 35.4. The van der Waals surface area contributed by atoms with E-state index >= 15 is 0 Å². The predicted molar refractivity (Wildman–Crippen MR) is 201 cm³/mol. The van der Waals surface area contributed by atoms with Gasteiger partial charge in [0.1, 0.15) is 33.5 Å². The van der Waals surface area contributed by atoms with Crippen molar-refractivity contribution in [3.63, 3.8) is 0 Å². The van der Waals surface area contributed by atoms with Gasteiger partial charge in [0, 0.05) is 34.9 Å². The number of aromatic carboxylic acids is 1. The second-order valence-corrected chi connectivity index (χ2v) is 15.4. The van der Waals surface area contributed by atoms with Crippen LogP contribution in [0.15, 0.2) is 73.1 Å². The normalized spacial score (nSPS) is 20.1. The molecule has 0 radical (unpaired) electrons. The molecule has 1 unspecified atom stereocenters. The Hall–Kier alpha value is -4.69. The number of nitrogens with one attached hydrogen (secondary N) is 1. The van der Waals surface area contributed by atoms with Gasteiger partial charge in [0.05, 0.1) is 6.61 Å². The zero-order valence-electron chi connectivity index (χ0n) is 30.3. The number of carboxylic acids is 1. The maximum Gasteiger partial charge on any atom is 0.387 e. The Morgan fingerprint density at radius 3 is 2.27 bits per heavy atom. The van der Waals surface area contributed by atoms with Gasteiger partial charge in [-0.25, -0.2) is 9.59 Å². The van der Waals surface area contributed by atoms with Gasteiger partial charge in [0.2, 0.25) is 12.4 Å². The monoisotopic (exact) mass is 812 g/mol. The van der Waals surface area contributed by atoms with Crippen molar-refractivity contribution in [1.29, 1.82) is 0 Å². The van der Waals surface area contributed by atoms with Gasteiger partial charge >= 0.3 is 18.6 Å². The summed E-state index contributed by atoms with van der Waals surface area (Å²) in [5.74, 6) is -2.74. The van der Waals surface area contributed by atoms with E-state index in [9.17, 15) is 33.8 Å². The summed E-state index contributed by atoms with van der Waals surface area (Å²) in [4.78, 5) is 28.7. The third-order valence-corrected chi connectivity index (χ3v) is 11.5. The van der Waals surface area contributed by atoms with Gasteiger partial charge in [-0.1, -0.05) is 65.7 Å². The number of hydrogen-bond acceptors (Lipinski definition) is 9. The molecule has 0 spiro atoms. The van der Waals surface area contributed by atoms with E-state index in [1.165, 1.54) is 24.5 Å². The number of aromatic nitrogens is 1. The Morgan fingerprint density at radius 2 is 1.64 bits per heavy atom. The van der Waals surface area contributed by atoms with Crippen LogP contribution in [0.1, 0.15) is 75.8 Å². The number of nitrogens with zero attached hydrogens (tertiary/aromatic N) is 2. The summed E-state index contributed by atoms with van der Waals surface area (Å²) >= 11 is 13.2. The van der Waals surface area contributed by atoms with E-state index in [4.69, 9.17) is 37.4 Å². The summed E-state index contributed by atoms with van der Waals surface area (Å²) in [5.41, 5.74) is 1.72. The first kappa shape index (κ1) is 39.5. The number of halogens is 4. The number of fused-ring (bicyclic) bond motifs is 3. The van der Waals surface area contributed by atoms with E-state index in [-0.39, 0.29) is 63.6 Å². The first-order valence-electron chi connectivity index (χ1n) is 18.5. The lowest BCUT2D eigenvalue weighted by Crippen LogP contribution is -2.52. The number of carboxylic acid groups (broad SMARTS) is 1. The van der Waals surface area contributed by atoms with Gasteiger partial charge in [-0.15, -0.1) is 0 Å². The molecule has 8 rings (SSSR count). The molecule has 3 saturated heterocycles. The zero-order chi connectivity index (χ0) is 39.5. The highest BCUT2D eigenvalue weighted by Crippen LogP contribution is 2.42. The minimum atomic E-state index is -3.11. The minimum Gasteiger partial charge on any atom is -0.507 e. The fourth-order valence-corrected chi connectivity index (χ4v) is 8.28. The standard InChI is InChI=1S/C41H41Cl2F2N3O8/c42-32-19-48(53)20-33(43)30(32)17-29(26-8-11-34(56-41(44)45)35(16-26)54-22-23-6-7-23)27-9-10-28(39(50)51)38(49)31(27)18-46-37(25-4-2-1-3-5-25)40(52)55-36-21-47-14-12-24(36)13-15-47/h1-5,8-11,16,19-20,23-24,29,36-37,41,46H,6-7,12-15,17-18,21-22H2,(H2-,49,50,51,53)/p+1/t29-,36-,37?/m0/s1. The van der Waals surface area contributed by atoms with Gasteiger partial charge in [0.15, 0.2) is 11.5 Å². The van der Waals surface area contributed by atoms with Crippen molar-refractivity contribution < 1.29 is 52.7 Å². The molecule has 1 aromatic heterocycles. The molecule has 296 valence electrons. The Kier molecular flexibility index (Phi) is 12.2. The number of ether oxygens (including phenoxy) is 3. The molecule has 3 atom stereocenters. The third-order valence-electron chi connectivity index (χ3n) is 10.9. The van der Waals surface area contributed by atoms with E-state index in [2.05, 4.69) is 10.2 Å². The molecule has 1 saturated carbocycles. The molecule has 4 heterocycles. The van der Waals surface area contributed by atoms with Gasteiger partial charge in [0.25, 0.3) is 0 Å². The van der Waals surface area contributed by atoms with Crippen LogP contribution >= 0.6 is 23.2 Å². The van der Waals surface area contributed by atoms with Crippen molar-refractivity contribution in [2.45, 2.75) is 63.3 Å². The molecular weight excluding hydrogens is 771 g/mol. The maximum absolute atomic E-state index is 14.0. The number of hydrogen-bond donors (Lipinski definition) is 4. The number of carbonyl (C=O) groups is 2. The Morgan fingerprint density at radius 1 is 0.929 bits per heavy atom. The zero-order valence-corrected chi connectivity index (χ0v) is 31.8. The number of alkyl halides is 2. The highest BCUT2D eigenvalue weighted by atomic mass is 35.5. The molecule has 56 heavy (non-hydrogen) atoms. The van der Waals surface area contributed by atoms with Crippen LogP contribution in [0.25, 0.3) is 0 Å². The van der Waals surface area contributed by atoms with Crippen LogP contribution in [0.5, 0.6) is 17.2 Å². The molecule has 4 aliphatic rings. The lowest BCUT2D eigenvalue weighted by molar-refractivity contribution is -0.904. The van der Waals surface area contributed by atoms with Crippen LogP contribution in [-0.2, 0) is 22.5 Å². The molecule has 4 fully saturated rings. The Bertz CT molecular complexity index is 2040. The van der Waals surface area contributed by atoms with Crippen molar-refractivity contribution in [2.75, 3.05) is 26.2 Å². The highest BCUT2D eigenvalue weighted by Gasteiger charge is 2.38. The van der Waals surface area contributed by atoms with Gasteiger partial charge < -0.3 is 24.4 Å². The fourth-order valence-electron chi connectivity index (χ4n) is 7.67. The van der Waals surface area contributed by atoms with Crippen molar-refractivity contribution in [3.8, 4) is 17.2 Å². The Labute approximate surface area is 332 Å². The number of pyridine rings is 1. The van der Waals surface area contributed by atoms with E-state index < -0.39 is 36.3 Å². The van der Waals surface area contributed by atoms with Crippen molar-refractivity contribution in [2.24, 2.45) is 11.8 Å². The van der Waals surface area contributed by atoms with E-state index in [1.807, 2.05) is 6.07 Å². The number of benzene rings is 3. The first-order chi connectivity index (χ1) is 26.9. The van der Waals surface area contributed by atoms with Crippen LogP contribution in [0.3, 0.4) is 0 Å². The Balaban J connectivity index is 1.30. The number of aromatic hydroxyl groups is 1. The lowest BCUT2D eigenvalue weighted by atomic mass is 9.82. The average Bonchev–Trinajstić information content (AvgIpc) is 4.00. The molecule has 1 aliphatic carbocycles. The quantitative estimate of drug-likeness (QED) is 0.0524. The number of carbonyl (C=O) groups excluding carboxylic acids is 1. The SMILES string of the molecule is O=C(O)c1ccc([C@@H](Cc2c(Cl)c[n+](O)cc2Cl)c2ccc(OC(F)F)c(OCC3CC3)c2)c(CNC(C(=O)O[C@H]2CN3CCC2CC3)c2ccccc2)c1O. The van der Waals surface area contributed by atoms with Crippen LogP contribution < -0.4 is 19.5 Å². The second-order valence-electron chi connectivity index (χ2n) is 14.6. The number of piperidine rings is 3. The van der Waals surface area contributed by atoms with E-state index in [0.717, 1.165) is 38.8 Å². The number of esters is 1. The van der Waals surface area contributed by atoms with Crippen LogP contribution in [-0.4, -0.2) is 71.2 Å². The average molecular weight is 814 g/mol. The largest absolute Gasteiger partial charge is 0.507 e. The molecule has 4 N–H and O–H groups in total. The van der Waals surface area contributed by atoms with Crippen LogP contribution in [0.4, 0.5) is 8.78 Å². The van der Waals surface area contributed by atoms with Crippen molar-refractivity contribution in [1.82, 2.24) is 10.2 Å². The molecule has 0 amide bonds. The lowest BCUT2D eigenvalue weighted by Gasteiger charge is -2.44. The second kappa shape index (κ2) is 17.2. The van der Waals surface area contributed by atoms with Crippen LogP contribution in [0, 0.1) is 11.8 Å². The molecule has 15 heteroatoms. The predicted octanol–water partition coefficient (Wildman–Crippen LogP) is 7.16. The topological polar surface area (TPSA) is 142 Å². The molecule has 2 bridgehead atoms. The number of phenols is 1. The smallest absolute Gasteiger partial charge is 0.387 e. The van der Waals surface area contributed by atoms with Gasteiger partial charge in [-0.05, 0) is 91.9 Å². The van der Waals surface area contributed by atoms with E-state index in [1.54, 1.807) is 42.5 Å².